The molecule has 0 aliphatic heterocycles. The van der Waals surface area contributed by atoms with Crippen molar-refractivity contribution < 1.29 is 5.11 Å². The normalized spacial score (nSPS) is 13.1. The number of hydrogen-bond acceptors (Lipinski definition) is 1. The first-order valence-electron chi connectivity index (χ1n) is 6.46. The maximum atomic E-state index is 8.75. The molecule has 86 valence electrons. The predicted molar refractivity (Wildman–Crippen MR) is 63.5 cm³/mol. The van der Waals surface area contributed by atoms with Crippen molar-refractivity contribution in [2.75, 3.05) is 6.61 Å². The first-order valence-corrected chi connectivity index (χ1v) is 6.46. The van der Waals surface area contributed by atoms with Crippen molar-refractivity contribution in [2.24, 2.45) is 5.92 Å². The van der Waals surface area contributed by atoms with Crippen LogP contribution in [0.2, 0.25) is 0 Å². The summed E-state index contributed by atoms with van der Waals surface area (Å²) in [6, 6.07) is 0. The molecule has 0 aromatic carbocycles. The van der Waals surface area contributed by atoms with E-state index in [0.717, 1.165) is 12.3 Å². The Bertz CT molecular complexity index is 101. The summed E-state index contributed by atoms with van der Waals surface area (Å²) in [5.41, 5.74) is 0. The number of rotatable bonds is 10. The molecule has 1 unspecified atom stereocenters. The molecule has 14 heavy (non-hydrogen) atoms. The number of unbranched alkanes of at least 4 members (excludes halogenated alkanes) is 4. The monoisotopic (exact) mass is 200 g/mol. The van der Waals surface area contributed by atoms with Crippen LogP contribution in [-0.4, -0.2) is 11.7 Å². The van der Waals surface area contributed by atoms with Crippen LogP contribution in [0.3, 0.4) is 0 Å². The molecule has 0 aromatic heterocycles. The van der Waals surface area contributed by atoms with Crippen molar-refractivity contribution in [3.05, 3.63) is 0 Å². The lowest BCUT2D eigenvalue weighted by atomic mass is 9.94. The van der Waals surface area contributed by atoms with Crippen LogP contribution >= 0.6 is 0 Å². The number of aliphatic hydroxyl groups is 1. The Balaban J connectivity index is 3.24. The van der Waals surface area contributed by atoms with E-state index < -0.39 is 0 Å². The molecule has 1 heteroatoms. The van der Waals surface area contributed by atoms with Gasteiger partial charge in [0.2, 0.25) is 0 Å². The van der Waals surface area contributed by atoms with Crippen LogP contribution in [0.5, 0.6) is 0 Å². The minimum absolute atomic E-state index is 0.367. The van der Waals surface area contributed by atoms with Gasteiger partial charge in [-0.05, 0) is 18.8 Å². The van der Waals surface area contributed by atoms with E-state index in [2.05, 4.69) is 13.8 Å². The Labute approximate surface area is 89.9 Å². The summed E-state index contributed by atoms with van der Waals surface area (Å²) in [5.74, 6) is 0.865. The molecule has 0 fully saturated rings. The third kappa shape index (κ3) is 8.55. The maximum Gasteiger partial charge on any atom is 0.0431 e. The molecule has 0 saturated carbocycles. The molecule has 0 rings (SSSR count). The van der Waals surface area contributed by atoms with Gasteiger partial charge in [-0.3, -0.25) is 0 Å². The first-order chi connectivity index (χ1) is 6.85. The van der Waals surface area contributed by atoms with Gasteiger partial charge in [0.15, 0.2) is 0 Å². The molecule has 1 nitrogen and oxygen atoms in total. The smallest absolute Gasteiger partial charge is 0.0431 e. The van der Waals surface area contributed by atoms with Gasteiger partial charge in [0.05, 0.1) is 0 Å². The van der Waals surface area contributed by atoms with Crippen molar-refractivity contribution in [1.82, 2.24) is 0 Å². The van der Waals surface area contributed by atoms with Gasteiger partial charge in [0.25, 0.3) is 0 Å². The van der Waals surface area contributed by atoms with E-state index in [1.165, 1.54) is 51.4 Å². The lowest BCUT2D eigenvalue weighted by Gasteiger charge is -2.13. The van der Waals surface area contributed by atoms with E-state index in [0.29, 0.717) is 6.61 Å². The first kappa shape index (κ1) is 14.0. The summed E-state index contributed by atoms with van der Waals surface area (Å²) in [6.07, 6.45) is 11.8. The standard InChI is InChI=1S/C13H28O/c1-3-5-6-7-8-10-13(4-2)11-9-12-14/h13-14H,3-12H2,1-2H3. The van der Waals surface area contributed by atoms with E-state index in [1.54, 1.807) is 0 Å². The lowest BCUT2D eigenvalue weighted by Crippen LogP contribution is -2.00. The van der Waals surface area contributed by atoms with Crippen LogP contribution in [0.4, 0.5) is 0 Å². The third-order valence-corrected chi connectivity index (χ3v) is 3.06. The zero-order valence-corrected chi connectivity index (χ0v) is 10.1. The molecule has 1 atom stereocenters. The van der Waals surface area contributed by atoms with Crippen molar-refractivity contribution in [1.29, 1.82) is 0 Å². The van der Waals surface area contributed by atoms with Crippen LogP contribution in [0, 0.1) is 5.92 Å². The van der Waals surface area contributed by atoms with Gasteiger partial charge in [-0.1, -0.05) is 58.8 Å². The van der Waals surface area contributed by atoms with Gasteiger partial charge in [0.1, 0.15) is 0 Å². The fourth-order valence-corrected chi connectivity index (χ4v) is 1.97. The van der Waals surface area contributed by atoms with E-state index >= 15 is 0 Å². The molecular weight excluding hydrogens is 172 g/mol. The average molecular weight is 200 g/mol. The van der Waals surface area contributed by atoms with Gasteiger partial charge < -0.3 is 5.11 Å². The Morgan fingerprint density at radius 2 is 1.50 bits per heavy atom. The van der Waals surface area contributed by atoms with Crippen LogP contribution < -0.4 is 0 Å². The summed E-state index contributed by atoms with van der Waals surface area (Å²) >= 11 is 0. The Morgan fingerprint density at radius 1 is 0.857 bits per heavy atom. The minimum Gasteiger partial charge on any atom is -0.396 e. The van der Waals surface area contributed by atoms with Crippen molar-refractivity contribution in [3.63, 3.8) is 0 Å². The van der Waals surface area contributed by atoms with Crippen LogP contribution in [0.1, 0.15) is 71.6 Å². The molecule has 0 heterocycles. The molecule has 0 spiro atoms. The highest BCUT2D eigenvalue weighted by molar-refractivity contribution is 4.58. The summed E-state index contributed by atoms with van der Waals surface area (Å²) in [4.78, 5) is 0. The van der Waals surface area contributed by atoms with Crippen LogP contribution in [0.15, 0.2) is 0 Å². The summed E-state index contributed by atoms with van der Waals surface area (Å²) < 4.78 is 0. The van der Waals surface area contributed by atoms with Crippen LogP contribution in [-0.2, 0) is 0 Å². The van der Waals surface area contributed by atoms with Crippen LogP contribution in [0.25, 0.3) is 0 Å². The van der Waals surface area contributed by atoms with Gasteiger partial charge in [0, 0.05) is 6.61 Å². The second-order valence-electron chi connectivity index (χ2n) is 4.34. The summed E-state index contributed by atoms with van der Waals surface area (Å²) in [6.45, 7) is 4.90. The second kappa shape index (κ2) is 11.0. The highest BCUT2D eigenvalue weighted by atomic mass is 16.2. The molecule has 0 bridgehead atoms. The fourth-order valence-electron chi connectivity index (χ4n) is 1.97. The molecule has 0 saturated heterocycles. The molecule has 0 aliphatic carbocycles. The molecule has 0 amide bonds. The Hall–Kier alpha value is -0.0400. The molecule has 0 aliphatic rings. The Kier molecular flexibility index (Phi) is 11.0. The highest BCUT2D eigenvalue weighted by Crippen LogP contribution is 2.19. The number of aliphatic hydroxyl groups excluding tert-OH is 1. The SMILES string of the molecule is CCCCCCCC(CC)CCCO. The van der Waals surface area contributed by atoms with Crippen molar-refractivity contribution in [3.8, 4) is 0 Å². The van der Waals surface area contributed by atoms with Crippen molar-refractivity contribution in [2.45, 2.75) is 71.6 Å². The van der Waals surface area contributed by atoms with E-state index in [1.807, 2.05) is 0 Å². The van der Waals surface area contributed by atoms with Crippen molar-refractivity contribution >= 4 is 0 Å². The Morgan fingerprint density at radius 3 is 2.07 bits per heavy atom. The molecular formula is C13H28O. The fraction of sp³-hybridized carbons (Fsp3) is 1.00. The summed E-state index contributed by atoms with van der Waals surface area (Å²) in [5, 5.41) is 8.75. The average Bonchev–Trinajstić information content (AvgIpc) is 2.22. The second-order valence-corrected chi connectivity index (χ2v) is 4.34. The predicted octanol–water partition coefficient (Wildman–Crippen LogP) is 4.15. The maximum absolute atomic E-state index is 8.75. The number of hydrogen-bond donors (Lipinski definition) is 1. The van der Waals surface area contributed by atoms with E-state index in [-0.39, 0.29) is 0 Å². The topological polar surface area (TPSA) is 20.2 Å². The quantitative estimate of drug-likeness (QED) is 0.525. The largest absolute Gasteiger partial charge is 0.396 e. The van der Waals surface area contributed by atoms with Gasteiger partial charge in [-0.15, -0.1) is 0 Å². The zero-order valence-electron chi connectivity index (χ0n) is 10.1. The third-order valence-electron chi connectivity index (χ3n) is 3.06. The van der Waals surface area contributed by atoms with Gasteiger partial charge in [-0.25, -0.2) is 0 Å². The van der Waals surface area contributed by atoms with Gasteiger partial charge >= 0.3 is 0 Å². The van der Waals surface area contributed by atoms with E-state index in [4.69, 9.17) is 5.11 Å². The molecule has 0 aromatic rings. The molecule has 1 N–H and O–H groups in total. The van der Waals surface area contributed by atoms with E-state index in [9.17, 15) is 0 Å². The minimum atomic E-state index is 0.367. The highest BCUT2D eigenvalue weighted by Gasteiger charge is 2.04. The summed E-state index contributed by atoms with van der Waals surface area (Å²) in [7, 11) is 0. The zero-order chi connectivity index (χ0) is 10.6. The molecule has 0 radical (unpaired) electrons. The van der Waals surface area contributed by atoms with Gasteiger partial charge in [-0.2, -0.15) is 0 Å². The lowest BCUT2D eigenvalue weighted by molar-refractivity contribution is 0.265.